The maximum Gasteiger partial charge on any atom is 0.433 e. The first-order chi connectivity index (χ1) is 8.16. The predicted molar refractivity (Wildman–Crippen MR) is 59.2 cm³/mol. The van der Waals surface area contributed by atoms with E-state index in [1.807, 2.05) is 6.92 Å². The largest absolute Gasteiger partial charge is 0.433 e. The van der Waals surface area contributed by atoms with Crippen LogP contribution in [-0.2, 0) is 6.54 Å². The molecule has 0 saturated carbocycles. The Labute approximate surface area is 97.0 Å². The molecule has 7 nitrogen and oxygen atoms in total. The molecule has 0 aliphatic rings. The molecule has 0 bridgehead atoms. The Morgan fingerprint density at radius 2 is 2.47 bits per heavy atom. The van der Waals surface area contributed by atoms with E-state index in [2.05, 4.69) is 15.3 Å². The molecule has 0 radical (unpaired) electrons. The highest BCUT2D eigenvalue weighted by Crippen LogP contribution is 2.16. The van der Waals surface area contributed by atoms with Crippen LogP contribution in [0, 0.1) is 10.1 Å². The lowest BCUT2D eigenvalue weighted by Crippen LogP contribution is -2.18. The Morgan fingerprint density at radius 1 is 1.65 bits per heavy atom. The van der Waals surface area contributed by atoms with Crippen molar-refractivity contribution >= 4 is 5.88 Å². The number of aromatic amines is 1. The van der Waals surface area contributed by atoms with Crippen LogP contribution in [0.3, 0.4) is 0 Å². The van der Waals surface area contributed by atoms with Crippen molar-refractivity contribution in [3.8, 4) is 0 Å². The van der Waals surface area contributed by atoms with Gasteiger partial charge in [0.1, 0.15) is 16.5 Å². The summed E-state index contributed by atoms with van der Waals surface area (Å²) in [5, 5.41) is 13.6. The van der Waals surface area contributed by atoms with Gasteiger partial charge in [0, 0.05) is 12.4 Å². The molecule has 7 heteroatoms. The summed E-state index contributed by atoms with van der Waals surface area (Å²) >= 11 is 0. The fourth-order valence-electron chi connectivity index (χ4n) is 1.42. The smallest absolute Gasteiger partial charge is 0.404 e. The van der Waals surface area contributed by atoms with Gasteiger partial charge in [0.05, 0.1) is 18.7 Å². The van der Waals surface area contributed by atoms with E-state index in [9.17, 15) is 10.1 Å². The summed E-state index contributed by atoms with van der Waals surface area (Å²) < 4.78 is 5.02. The number of aromatic nitrogens is 2. The highest BCUT2D eigenvalue weighted by atomic mass is 16.6. The van der Waals surface area contributed by atoms with Crippen molar-refractivity contribution in [1.29, 1.82) is 0 Å². The van der Waals surface area contributed by atoms with Crippen molar-refractivity contribution in [2.45, 2.75) is 19.5 Å². The van der Waals surface area contributed by atoms with E-state index in [0.29, 0.717) is 12.3 Å². The van der Waals surface area contributed by atoms with Crippen LogP contribution >= 0.6 is 0 Å². The van der Waals surface area contributed by atoms with Gasteiger partial charge in [0.15, 0.2) is 0 Å². The normalized spacial score (nSPS) is 12.5. The molecule has 2 aromatic rings. The summed E-state index contributed by atoms with van der Waals surface area (Å²) in [7, 11) is 0. The maximum atomic E-state index is 10.4. The van der Waals surface area contributed by atoms with Gasteiger partial charge in [-0.25, -0.2) is 4.98 Å². The van der Waals surface area contributed by atoms with E-state index < -0.39 is 4.92 Å². The van der Waals surface area contributed by atoms with Gasteiger partial charge in [-0.1, -0.05) is 0 Å². The van der Waals surface area contributed by atoms with E-state index in [-0.39, 0.29) is 11.9 Å². The van der Waals surface area contributed by atoms with Gasteiger partial charge in [-0.2, -0.15) is 0 Å². The van der Waals surface area contributed by atoms with Crippen LogP contribution in [-0.4, -0.2) is 14.9 Å². The molecule has 2 aromatic heterocycles. The van der Waals surface area contributed by atoms with E-state index >= 15 is 0 Å². The Kier molecular flexibility index (Phi) is 3.20. The molecule has 0 fully saturated rings. The van der Waals surface area contributed by atoms with E-state index in [1.165, 1.54) is 6.07 Å². The van der Waals surface area contributed by atoms with Crippen LogP contribution in [0.15, 0.2) is 28.9 Å². The number of hydrogen-bond acceptors (Lipinski definition) is 5. The number of nitrogens with one attached hydrogen (secondary N) is 2. The van der Waals surface area contributed by atoms with Crippen LogP contribution in [0.2, 0.25) is 0 Å². The maximum absolute atomic E-state index is 10.4. The van der Waals surface area contributed by atoms with Gasteiger partial charge in [0.2, 0.25) is 0 Å². The molecule has 2 N–H and O–H groups in total. The van der Waals surface area contributed by atoms with Crippen molar-refractivity contribution in [1.82, 2.24) is 15.3 Å². The molecular formula is C10H12N4O3. The lowest BCUT2D eigenvalue weighted by atomic mass is 10.3. The first-order valence-electron chi connectivity index (χ1n) is 5.12. The summed E-state index contributed by atoms with van der Waals surface area (Å²) in [6, 6.07) is 2.95. The van der Waals surface area contributed by atoms with E-state index in [4.69, 9.17) is 4.42 Å². The third-order valence-corrected chi connectivity index (χ3v) is 2.34. The highest BCUT2D eigenvalue weighted by Gasteiger charge is 2.13. The van der Waals surface area contributed by atoms with Crippen LogP contribution in [0.4, 0.5) is 5.88 Å². The number of nitro groups is 1. The van der Waals surface area contributed by atoms with E-state index in [0.717, 1.165) is 5.82 Å². The van der Waals surface area contributed by atoms with Crippen molar-refractivity contribution in [2.24, 2.45) is 0 Å². The van der Waals surface area contributed by atoms with Crippen LogP contribution in [0.25, 0.3) is 0 Å². The molecule has 0 saturated heterocycles. The molecule has 0 aliphatic carbocycles. The summed E-state index contributed by atoms with van der Waals surface area (Å²) in [5.74, 6) is 1.09. The predicted octanol–water partition coefficient (Wildman–Crippen LogP) is 1.76. The molecule has 0 amide bonds. The molecule has 0 aromatic carbocycles. The Bertz CT molecular complexity index is 491. The third kappa shape index (κ3) is 2.70. The summed E-state index contributed by atoms with van der Waals surface area (Å²) in [4.78, 5) is 16.9. The van der Waals surface area contributed by atoms with Crippen LogP contribution in [0.1, 0.15) is 24.6 Å². The molecule has 17 heavy (non-hydrogen) atoms. The highest BCUT2D eigenvalue weighted by molar-refractivity contribution is 5.17. The quantitative estimate of drug-likeness (QED) is 0.609. The SMILES string of the molecule is CC(NCc1ccc([N+](=O)[O-])o1)c1ncc[nH]1. The number of furan rings is 1. The Balaban J connectivity index is 1.91. The van der Waals surface area contributed by atoms with Crippen molar-refractivity contribution in [3.63, 3.8) is 0 Å². The van der Waals surface area contributed by atoms with Gasteiger partial charge in [-0.05, 0) is 13.0 Å². The van der Waals surface area contributed by atoms with Gasteiger partial charge in [0.25, 0.3) is 0 Å². The minimum Gasteiger partial charge on any atom is -0.404 e. The third-order valence-electron chi connectivity index (χ3n) is 2.34. The average Bonchev–Trinajstić information content (AvgIpc) is 2.97. The summed E-state index contributed by atoms with van der Waals surface area (Å²) in [5.41, 5.74) is 0. The van der Waals surface area contributed by atoms with Gasteiger partial charge in [-0.3, -0.25) is 10.1 Å². The van der Waals surface area contributed by atoms with Gasteiger partial charge >= 0.3 is 5.88 Å². The molecular weight excluding hydrogens is 224 g/mol. The topological polar surface area (TPSA) is 97.0 Å². The summed E-state index contributed by atoms with van der Waals surface area (Å²) in [6.07, 6.45) is 3.41. The van der Waals surface area contributed by atoms with Gasteiger partial charge < -0.3 is 14.7 Å². The Hall–Kier alpha value is -2.15. The van der Waals surface area contributed by atoms with Crippen molar-refractivity contribution in [2.75, 3.05) is 0 Å². The average molecular weight is 236 g/mol. The number of rotatable bonds is 5. The summed E-state index contributed by atoms with van der Waals surface area (Å²) in [6.45, 7) is 2.35. The van der Waals surface area contributed by atoms with Gasteiger partial charge in [-0.15, -0.1) is 0 Å². The molecule has 1 atom stereocenters. The van der Waals surface area contributed by atoms with Crippen molar-refractivity contribution in [3.05, 3.63) is 46.2 Å². The minimum absolute atomic E-state index is 0.0224. The number of hydrogen-bond donors (Lipinski definition) is 2. The monoisotopic (exact) mass is 236 g/mol. The zero-order chi connectivity index (χ0) is 12.3. The molecule has 0 aliphatic heterocycles. The number of imidazole rings is 1. The zero-order valence-corrected chi connectivity index (χ0v) is 9.21. The van der Waals surface area contributed by atoms with Crippen molar-refractivity contribution < 1.29 is 9.34 Å². The number of nitrogens with zero attached hydrogens (tertiary/aromatic N) is 2. The molecule has 0 spiro atoms. The molecule has 1 unspecified atom stereocenters. The first-order valence-corrected chi connectivity index (χ1v) is 5.12. The molecule has 90 valence electrons. The van der Waals surface area contributed by atoms with Crippen LogP contribution in [0.5, 0.6) is 0 Å². The molecule has 2 heterocycles. The second kappa shape index (κ2) is 4.79. The van der Waals surface area contributed by atoms with Crippen LogP contribution < -0.4 is 5.32 Å². The lowest BCUT2D eigenvalue weighted by Gasteiger charge is -2.09. The minimum atomic E-state index is -0.556. The second-order valence-electron chi connectivity index (χ2n) is 3.57. The lowest BCUT2D eigenvalue weighted by molar-refractivity contribution is -0.402. The second-order valence-corrected chi connectivity index (χ2v) is 3.57. The number of H-pyrrole nitrogens is 1. The molecule has 2 rings (SSSR count). The fraction of sp³-hybridized carbons (Fsp3) is 0.300. The zero-order valence-electron chi connectivity index (χ0n) is 9.21. The standard InChI is InChI=1S/C10H12N4O3/c1-7(10-11-4-5-12-10)13-6-8-2-3-9(17-8)14(15)16/h2-5,7,13H,6H2,1H3,(H,11,12). The Morgan fingerprint density at radius 3 is 3.06 bits per heavy atom. The first kappa shape index (κ1) is 11.3. The van der Waals surface area contributed by atoms with E-state index in [1.54, 1.807) is 18.5 Å². The fourth-order valence-corrected chi connectivity index (χ4v) is 1.42.